The first-order valence-corrected chi connectivity index (χ1v) is 14.0. The minimum atomic E-state index is -0.959. The lowest BCUT2D eigenvalue weighted by Crippen LogP contribution is -2.56. The number of carbonyl (C=O) groups excluding carboxylic acids is 3. The van der Waals surface area contributed by atoms with Gasteiger partial charge in [-0.15, -0.1) is 11.8 Å². The third-order valence-corrected chi connectivity index (χ3v) is 10.2. The number of cyclic esters (lactones) is 1. The molecule has 7 nitrogen and oxygen atoms in total. The number of thioether (sulfide) groups is 1. The van der Waals surface area contributed by atoms with Gasteiger partial charge in [0.25, 0.3) is 5.91 Å². The number of hydrogen-bond donors (Lipinski definition) is 1. The van der Waals surface area contributed by atoms with Crippen LogP contribution < -0.4 is 4.90 Å². The van der Waals surface area contributed by atoms with Crippen LogP contribution in [-0.4, -0.2) is 69.1 Å². The fraction of sp³-hybridized carbons (Fsp3) is 0.552. The maximum Gasteiger partial charge on any atom is 0.311 e. The number of aliphatic hydroxyl groups excluding tert-OH is 1. The van der Waals surface area contributed by atoms with Gasteiger partial charge in [0.15, 0.2) is 0 Å². The third kappa shape index (κ3) is 3.95. The van der Waals surface area contributed by atoms with E-state index in [2.05, 4.69) is 12.2 Å². The number of para-hydroxylation sites is 1. The molecule has 1 unspecified atom stereocenters. The average Bonchev–Trinajstić information content (AvgIpc) is 3.20. The molecule has 37 heavy (non-hydrogen) atoms. The number of fused-ring (bicyclic) bond motifs is 2. The maximum absolute atomic E-state index is 14.5. The third-order valence-electron chi connectivity index (χ3n) is 8.39. The van der Waals surface area contributed by atoms with Gasteiger partial charge in [-0.05, 0) is 58.1 Å². The van der Waals surface area contributed by atoms with Crippen LogP contribution in [0.1, 0.15) is 44.2 Å². The molecule has 0 saturated carbocycles. The second kappa shape index (κ2) is 9.62. The molecule has 0 radical (unpaired) electrons. The summed E-state index contributed by atoms with van der Waals surface area (Å²) in [6, 6.07) is 4.50. The van der Waals surface area contributed by atoms with Gasteiger partial charge in [-0.25, -0.2) is 0 Å². The zero-order valence-electron chi connectivity index (χ0n) is 22.0. The molecule has 1 spiro atoms. The summed E-state index contributed by atoms with van der Waals surface area (Å²) >= 11 is 1.53. The molecule has 5 rings (SSSR count). The van der Waals surface area contributed by atoms with Crippen LogP contribution in [0.5, 0.6) is 0 Å². The Balaban J connectivity index is 1.68. The van der Waals surface area contributed by atoms with Gasteiger partial charge in [0.2, 0.25) is 5.91 Å². The number of carbonyl (C=O) groups is 3. The number of ether oxygens (including phenoxy) is 1. The molecule has 4 heterocycles. The van der Waals surface area contributed by atoms with Crippen molar-refractivity contribution in [2.24, 2.45) is 11.8 Å². The number of allylic oxidation sites excluding steroid dienone is 1. The summed E-state index contributed by atoms with van der Waals surface area (Å²) in [7, 11) is 0. The van der Waals surface area contributed by atoms with E-state index >= 15 is 0 Å². The molecule has 4 aliphatic heterocycles. The predicted molar refractivity (Wildman–Crippen MR) is 144 cm³/mol. The fourth-order valence-corrected chi connectivity index (χ4v) is 8.87. The summed E-state index contributed by atoms with van der Waals surface area (Å²) in [4.78, 5) is 45.7. The first kappa shape index (κ1) is 26.0. The van der Waals surface area contributed by atoms with E-state index < -0.39 is 33.4 Å². The van der Waals surface area contributed by atoms with Gasteiger partial charge in [-0.3, -0.25) is 14.4 Å². The van der Waals surface area contributed by atoms with E-state index in [1.165, 1.54) is 11.8 Å². The molecule has 2 fully saturated rings. The van der Waals surface area contributed by atoms with Crippen molar-refractivity contribution in [2.45, 2.75) is 68.5 Å². The number of rotatable bonds is 3. The zero-order valence-corrected chi connectivity index (χ0v) is 22.8. The van der Waals surface area contributed by atoms with Crippen LogP contribution in [0.2, 0.25) is 0 Å². The maximum atomic E-state index is 14.5. The largest absolute Gasteiger partial charge is 0.465 e. The molecule has 2 amide bonds. The van der Waals surface area contributed by atoms with E-state index in [0.29, 0.717) is 13.2 Å². The first-order chi connectivity index (χ1) is 17.7. The van der Waals surface area contributed by atoms with Crippen molar-refractivity contribution >= 4 is 35.2 Å². The van der Waals surface area contributed by atoms with Crippen LogP contribution in [0, 0.1) is 25.7 Å². The molecular formula is C29H36N2O5S. The highest BCUT2D eigenvalue weighted by Gasteiger charge is 2.74. The van der Waals surface area contributed by atoms with E-state index in [1.807, 2.05) is 51.1 Å². The van der Waals surface area contributed by atoms with E-state index in [-0.39, 0.29) is 24.4 Å². The molecule has 0 bridgehead atoms. The lowest BCUT2D eigenvalue weighted by Gasteiger charge is -2.39. The van der Waals surface area contributed by atoms with Crippen LogP contribution in [0.15, 0.2) is 42.5 Å². The van der Waals surface area contributed by atoms with Gasteiger partial charge in [0.1, 0.15) is 6.04 Å². The molecule has 198 valence electrons. The smallest absolute Gasteiger partial charge is 0.311 e. The summed E-state index contributed by atoms with van der Waals surface area (Å²) in [5.41, 5.74) is 2.80. The van der Waals surface area contributed by atoms with Crippen molar-refractivity contribution in [1.82, 2.24) is 4.90 Å². The van der Waals surface area contributed by atoms with E-state index in [0.717, 1.165) is 36.1 Å². The Morgan fingerprint density at radius 3 is 2.51 bits per heavy atom. The number of esters is 1. The van der Waals surface area contributed by atoms with E-state index in [4.69, 9.17) is 4.74 Å². The standard InChI is InChI=1S/C29H36N2O5S/c1-18-11-9-12-19(2)23(18)30-15-10-14-29-21(25(33)31(20(3)17-32)24(29)26(30)34)22-27(35)36-16-8-6-5-7-13-28(22,4)37-29/h7,9-14,20-22,24,32H,5-6,8,15-17H2,1-4H3/b13-7-/t20-,21+,22-,24?,28+,29+/m1/s1. The van der Waals surface area contributed by atoms with Gasteiger partial charge < -0.3 is 19.6 Å². The fourth-order valence-electron chi connectivity index (χ4n) is 6.73. The molecule has 0 aliphatic carbocycles. The van der Waals surface area contributed by atoms with Crippen LogP contribution in [0.4, 0.5) is 5.69 Å². The summed E-state index contributed by atoms with van der Waals surface area (Å²) in [6.45, 7) is 8.13. The summed E-state index contributed by atoms with van der Waals surface area (Å²) in [5.74, 6) is -2.34. The highest BCUT2D eigenvalue weighted by Crippen LogP contribution is 2.65. The van der Waals surface area contributed by atoms with Crippen molar-refractivity contribution in [3.8, 4) is 0 Å². The number of amides is 2. The monoisotopic (exact) mass is 524 g/mol. The highest BCUT2D eigenvalue weighted by atomic mass is 32.2. The van der Waals surface area contributed by atoms with Crippen molar-refractivity contribution in [3.63, 3.8) is 0 Å². The summed E-state index contributed by atoms with van der Waals surface area (Å²) in [6.07, 6.45) is 10.7. The number of aryl methyl sites for hydroxylation is 2. The number of anilines is 1. The van der Waals surface area contributed by atoms with E-state index in [1.54, 1.807) is 16.7 Å². The molecule has 1 aromatic carbocycles. The Labute approximate surface area is 222 Å². The second-order valence-corrected chi connectivity index (χ2v) is 12.7. The van der Waals surface area contributed by atoms with Gasteiger partial charge in [0, 0.05) is 17.0 Å². The topological polar surface area (TPSA) is 87.2 Å². The highest BCUT2D eigenvalue weighted by molar-refractivity contribution is 8.02. The van der Waals surface area contributed by atoms with E-state index in [9.17, 15) is 19.5 Å². The minimum Gasteiger partial charge on any atom is -0.465 e. The van der Waals surface area contributed by atoms with Crippen LogP contribution in [0.3, 0.4) is 0 Å². The van der Waals surface area contributed by atoms with Crippen molar-refractivity contribution < 1.29 is 24.2 Å². The van der Waals surface area contributed by atoms with Gasteiger partial charge in [-0.1, -0.05) is 42.5 Å². The molecule has 1 N–H and O–H groups in total. The summed E-state index contributed by atoms with van der Waals surface area (Å²) in [5, 5.41) is 10.1. The number of nitrogens with zero attached hydrogens (tertiary/aromatic N) is 2. The molecule has 4 aliphatic rings. The van der Waals surface area contributed by atoms with Crippen LogP contribution in [-0.2, 0) is 19.1 Å². The second-order valence-electron chi connectivity index (χ2n) is 10.9. The molecule has 0 aromatic heterocycles. The molecule has 6 atom stereocenters. The van der Waals surface area contributed by atoms with Gasteiger partial charge in [-0.2, -0.15) is 0 Å². The average molecular weight is 525 g/mol. The van der Waals surface area contributed by atoms with Crippen molar-refractivity contribution in [1.29, 1.82) is 0 Å². The SMILES string of the molecule is Cc1cccc(C)c1N1CC=C[C@]23S[C@@]4(C)/C=C\CCCCOC(=O)[C@H]4[C@H]2C(=O)N([C@H](C)CO)C3C1=O. The number of hydrogen-bond acceptors (Lipinski definition) is 6. The first-order valence-electron chi connectivity index (χ1n) is 13.2. The lowest BCUT2D eigenvalue weighted by molar-refractivity contribution is -0.154. The Kier molecular flexibility index (Phi) is 6.77. The zero-order chi connectivity index (χ0) is 26.5. The number of aliphatic hydroxyl groups is 1. The molecule has 8 heteroatoms. The van der Waals surface area contributed by atoms with Crippen molar-refractivity contribution in [3.05, 3.63) is 53.6 Å². The quantitative estimate of drug-likeness (QED) is 0.481. The Morgan fingerprint density at radius 1 is 1.08 bits per heavy atom. The van der Waals surface area contributed by atoms with Gasteiger partial charge in [0.05, 0.1) is 35.8 Å². The molecule has 2 saturated heterocycles. The lowest BCUT2D eigenvalue weighted by atomic mass is 9.74. The normalized spacial score (nSPS) is 35.4. The molecular weight excluding hydrogens is 488 g/mol. The van der Waals surface area contributed by atoms with Crippen LogP contribution in [0.25, 0.3) is 0 Å². The Morgan fingerprint density at radius 2 is 1.81 bits per heavy atom. The molecule has 1 aromatic rings. The van der Waals surface area contributed by atoms with Gasteiger partial charge >= 0.3 is 5.97 Å². The minimum absolute atomic E-state index is 0.185. The Hall–Kier alpha value is -2.58. The predicted octanol–water partition coefficient (Wildman–Crippen LogP) is 3.56. The Bertz CT molecular complexity index is 1160. The van der Waals surface area contributed by atoms with Crippen LogP contribution >= 0.6 is 11.8 Å². The summed E-state index contributed by atoms with van der Waals surface area (Å²) < 4.78 is 4.04. The number of benzene rings is 1. The number of likely N-dealkylation sites (tertiary alicyclic amines) is 1. The van der Waals surface area contributed by atoms with Crippen molar-refractivity contribution in [2.75, 3.05) is 24.7 Å².